The number of ether oxygens (including phenoxy) is 4. The standard InChI is InChI=1S/C35H42N2O7/c1-23-32(21-37-14-16-41-17-15-37)43-35(44-33(23)28-12-10-26(22-38)11-13-28)31-9-5-8-30(19-31)29-7-4-6-27(18-29)20-36-34(40)24(2)42-25(3)39/h4-13,18-19,23-24,32-33,35,38H,14-17,20-22H2,1-3H3,(H,36,40). The Kier molecular flexibility index (Phi) is 10.8. The fourth-order valence-corrected chi connectivity index (χ4v) is 5.73. The zero-order valence-corrected chi connectivity index (χ0v) is 25.6. The largest absolute Gasteiger partial charge is 0.453 e. The van der Waals surface area contributed by atoms with Crippen LogP contribution >= 0.6 is 0 Å². The number of esters is 1. The number of amides is 1. The van der Waals surface area contributed by atoms with Crippen molar-refractivity contribution in [1.82, 2.24) is 10.2 Å². The highest BCUT2D eigenvalue weighted by Gasteiger charge is 2.39. The Balaban J connectivity index is 1.35. The summed E-state index contributed by atoms with van der Waals surface area (Å²) in [5.74, 6) is -0.735. The monoisotopic (exact) mass is 602 g/mol. The molecular weight excluding hydrogens is 560 g/mol. The second-order valence-electron chi connectivity index (χ2n) is 11.5. The van der Waals surface area contributed by atoms with Crippen LogP contribution in [0.15, 0.2) is 72.8 Å². The SMILES string of the molecule is CC(=O)OC(C)C(=O)NCc1cccc(-c2cccc(C3OC(CN4CCOCC4)C(C)C(c4ccc(CO)cc4)O3)c2)c1. The molecule has 0 spiro atoms. The zero-order chi connectivity index (χ0) is 31.1. The van der Waals surface area contributed by atoms with Gasteiger partial charge < -0.3 is 29.4 Å². The number of hydrogen-bond acceptors (Lipinski definition) is 8. The van der Waals surface area contributed by atoms with E-state index in [2.05, 4.69) is 23.2 Å². The van der Waals surface area contributed by atoms with Crippen LogP contribution < -0.4 is 5.32 Å². The molecule has 2 heterocycles. The van der Waals surface area contributed by atoms with Crippen LogP contribution in [0.4, 0.5) is 0 Å². The van der Waals surface area contributed by atoms with E-state index in [0.29, 0.717) is 6.54 Å². The number of hydrogen-bond donors (Lipinski definition) is 2. The molecule has 2 N–H and O–H groups in total. The molecule has 0 radical (unpaired) electrons. The average molecular weight is 603 g/mol. The predicted molar refractivity (Wildman–Crippen MR) is 165 cm³/mol. The van der Waals surface area contributed by atoms with Crippen molar-refractivity contribution < 1.29 is 33.6 Å². The Labute approximate surface area is 259 Å². The summed E-state index contributed by atoms with van der Waals surface area (Å²) in [7, 11) is 0. The molecule has 9 nitrogen and oxygen atoms in total. The lowest BCUT2D eigenvalue weighted by atomic mass is 9.89. The van der Waals surface area contributed by atoms with Crippen LogP contribution in [0.1, 0.15) is 55.4 Å². The van der Waals surface area contributed by atoms with Crippen LogP contribution in [-0.4, -0.2) is 66.9 Å². The molecule has 2 aliphatic rings. The zero-order valence-electron chi connectivity index (χ0n) is 25.6. The number of carbonyl (C=O) groups is 2. The van der Waals surface area contributed by atoms with E-state index in [9.17, 15) is 14.7 Å². The summed E-state index contributed by atoms with van der Waals surface area (Å²) in [5.41, 5.74) is 5.77. The number of morpholine rings is 1. The van der Waals surface area contributed by atoms with Gasteiger partial charge >= 0.3 is 5.97 Å². The third-order valence-corrected chi connectivity index (χ3v) is 8.26. The quantitative estimate of drug-likeness (QED) is 0.326. The van der Waals surface area contributed by atoms with Crippen molar-refractivity contribution in [2.24, 2.45) is 5.92 Å². The fourth-order valence-electron chi connectivity index (χ4n) is 5.73. The van der Waals surface area contributed by atoms with Crippen molar-refractivity contribution in [3.63, 3.8) is 0 Å². The van der Waals surface area contributed by atoms with Gasteiger partial charge in [-0.25, -0.2) is 0 Å². The Bertz CT molecular complexity index is 1410. The first kappa shape index (κ1) is 31.8. The van der Waals surface area contributed by atoms with E-state index in [-0.39, 0.29) is 30.6 Å². The molecule has 234 valence electrons. The number of aliphatic hydroxyl groups is 1. The van der Waals surface area contributed by atoms with Crippen molar-refractivity contribution in [1.29, 1.82) is 0 Å². The maximum atomic E-state index is 12.3. The molecule has 44 heavy (non-hydrogen) atoms. The minimum Gasteiger partial charge on any atom is -0.453 e. The molecule has 2 fully saturated rings. The molecule has 5 rings (SSSR count). The van der Waals surface area contributed by atoms with Gasteiger partial charge in [0, 0.05) is 44.6 Å². The van der Waals surface area contributed by atoms with Crippen molar-refractivity contribution >= 4 is 11.9 Å². The second kappa shape index (κ2) is 14.9. The first-order valence-corrected chi connectivity index (χ1v) is 15.3. The second-order valence-corrected chi connectivity index (χ2v) is 11.5. The van der Waals surface area contributed by atoms with E-state index in [4.69, 9.17) is 18.9 Å². The summed E-state index contributed by atoms with van der Waals surface area (Å²) in [6.45, 7) is 9.32. The number of nitrogens with one attached hydrogen (secondary N) is 1. The number of benzene rings is 3. The summed E-state index contributed by atoms with van der Waals surface area (Å²) < 4.78 is 23.9. The van der Waals surface area contributed by atoms with Crippen LogP contribution in [0.2, 0.25) is 0 Å². The lowest BCUT2D eigenvalue weighted by Gasteiger charge is -2.43. The molecule has 3 aromatic carbocycles. The van der Waals surface area contributed by atoms with Gasteiger partial charge in [0.15, 0.2) is 12.4 Å². The summed E-state index contributed by atoms with van der Waals surface area (Å²) in [6.07, 6.45) is -1.66. The number of carbonyl (C=O) groups excluding carboxylic acids is 2. The van der Waals surface area contributed by atoms with Gasteiger partial charge in [-0.3, -0.25) is 14.5 Å². The first-order chi connectivity index (χ1) is 21.3. The Morgan fingerprint density at radius 3 is 2.36 bits per heavy atom. The molecule has 0 aliphatic carbocycles. The lowest BCUT2D eigenvalue weighted by molar-refractivity contribution is -0.277. The molecule has 1 amide bonds. The van der Waals surface area contributed by atoms with E-state index in [1.165, 1.54) is 6.92 Å². The van der Waals surface area contributed by atoms with Crippen molar-refractivity contribution in [2.45, 2.75) is 58.5 Å². The highest BCUT2D eigenvalue weighted by Crippen LogP contribution is 2.42. The van der Waals surface area contributed by atoms with Crippen molar-refractivity contribution in [3.8, 4) is 11.1 Å². The molecule has 2 saturated heterocycles. The molecule has 3 aromatic rings. The summed E-state index contributed by atoms with van der Waals surface area (Å²) in [5, 5.41) is 12.4. The van der Waals surface area contributed by atoms with Gasteiger partial charge in [-0.2, -0.15) is 0 Å². The van der Waals surface area contributed by atoms with Crippen LogP contribution in [-0.2, 0) is 41.7 Å². The summed E-state index contributed by atoms with van der Waals surface area (Å²) in [6, 6.07) is 24.1. The highest BCUT2D eigenvalue weighted by molar-refractivity contribution is 5.82. The number of aliphatic hydroxyl groups excluding tert-OH is 1. The topological polar surface area (TPSA) is 107 Å². The minimum atomic E-state index is -0.853. The minimum absolute atomic E-state index is 0.000512. The highest BCUT2D eigenvalue weighted by atomic mass is 16.7. The van der Waals surface area contributed by atoms with E-state index >= 15 is 0 Å². The van der Waals surface area contributed by atoms with Crippen LogP contribution in [0.5, 0.6) is 0 Å². The van der Waals surface area contributed by atoms with Crippen molar-refractivity contribution in [3.05, 3.63) is 95.1 Å². The maximum absolute atomic E-state index is 12.3. The Morgan fingerprint density at radius 2 is 1.66 bits per heavy atom. The van der Waals surface area contributed by atoms with Gasteiger partial charge in [0.1, 0.15) is 0 Å². The third kappa shape index (κ3) is 8.11. The number of rotatable bonds is 10. The van der Waals surface area contributed by atoms with Gasteiger partial charge in [0.25, 0.3) is 5.91 Å². The predicted octanol–water partition coefficient (Wildman–Crippen LogP) is 4.54. The first-order valence-electron chi connectivity index (χ1n) is 15.3. The van der Waals surface area contributed by atoms with Crippen LogP contribution in [0.25, 0.3) is 11.1 Å². The molecule has 2 aliphatic heterocycles. The fraction of sp³-hybridized carbons (Fsp3) is 0.429. The molecule has 0 aromatic heterocycles. The van der Waals surface area contributed by atoms with Gasteiger partial charge in [-0.1, -0.05) is 67.6 Å². The van der Waals surface area contributed by atoms with Gasteiger partial charge in [-0.15, -0.1) is 0 Å². The van der Waals surface area contributed by atoms with Crippen molar-refractivity contribution in [2.75, 3.05) is 32.8 Å². The molecule has 5 atom stereocenters. The van der Waals surface area contributed by atoms with E-state index < -0.39 is 18.4 Å². The summed E-state index contributed by atoms with van der Waals surface area (Å²) >= 11 is 0. The molecule has 0 bridgehead atoms. The van der Waals surface area contributed by atoms with Gasteiger partial charge in [0.05, 0.1) is 32.0 Å². The third-order valence-electron chi connectivity index (χ3n) is 8.26. The Hall–Kier alpha value is -3.60. The maximum Gasteiger partial charge on any atom is 0.303 e. The molecule has 0 saturated carbocycles. The van der Waals surface area contributed by atoms with Gasteiger partial charge in [0.2, 0.25) is 0 Å². The van der Waals surface area contributed by atoms with E-state index in [1.54, 1.807) is 6.92 Å². The average Bonchev–Trinajstić information content (AvgIpc) is 3.05. The normalized spacial score (nSPS) is 23.1. The molecule has 9 heteroatoms. The van der Waals surface area contributed by atoms with E-state index in [0.717, 1.165) is 66.2 Å². The van der Waals surface area contributed by atoms with Crippen LogP contribution in [0, 0.1) is 5.92 Å². The van der Waals surface area contributed by atoms with E-state index in [1.807, 2.05) is 66.7 Å². The van der Waals surface area contributed by atoms with Crippen LogP contribution in [0.3, 0.4) is 0 Å². The molecule has 5 unspecified atom stereocenters. The number of nitrogens with zero attached hydrogens (tertiary/aromatic N) is 1. The van der Waals surface area contributed by atoms with Gasteiger partial charge in [-0.05, 0) is 46.9 Å². The lowest BCUT2D eigenvalue weighted by Crippen LogP contribution is -2.47. The summed E-state index contributed by atoms with van der Waals surface area (Å²) in [4.78, 5) is 25.9. The Morgan fingerprint density at radius 1 is 0.955 bits per heavy atom. The smallest absolute Gasteiger partial charge is 0.303 e. The molecular formula is C35H42N2O7.